The average molecular weight is 396 g/mol. The maximum Gasteiger partial charge on any atom is 0.243 e. The molecule has 1 N–H and O–H groups in total. The van der Waals surface area contributed by atoms with Crippen molar-refractivity contribution < 1.29 is 0 Å². The van der Waals surface area contributed by atoms with Gasteiger partial charge in [-0.1, -0.05) is 28.1 Å². The first-order valence-corrected chi connectivity index (χ1v) is 7.75. The van der Waals surface area contributed by atoms with Crippen molar-refractivity contribution in [2.45, 2.75) is 13.0 Å². The van der Waals surface area contributed by atoms with Crippen LogP contribution >= 0.6 is 31.9 Å². The lowest BCUT2D eigenvalue weighted by atomic mass is 10.1. The lowest BCUT2D eigenvalue weighted by Gasteiger charge is -2.12. The summed E-state index contributed by atoms with van der Waals surface area (Å²) in [7, 11) is 0. The Hall–Kier alpha value is -1.40. The second-order valence-corrected chi connectivity index (χ2v) is 6.25. The molecule has 20 heavy (non-hydrogen) atoms. The highest BCUT2D eigenvalue weighted by Crippen LogP contribution is 2.21. The Morgan fingerprint density at radius 2 is 1.90 bits per heavy atom. The van der Waals surface area contributed by atoms with Gasteiger partial charge in [0.1, 0.15) is 0 Å². The van der Waals surface area contributed by atoms with Crippen LogP contribution in [0.5, 0.6) is 0 Å². The molecule has 6 heteroatoms. The van der Waals surface area contributed by atoms with Gasteiger partial charge in [0.25, 0.3) is 0 Å². The van der Waals surface area contributed by atoms with Crippen molar-refractivity contribution in [1.82, 2.24) is 14.6 Å². The van der Waals surface area contributed by atoms with Crippen molar-refractivity contribution in [2.24, 2.45) is 0 Å². The Balaban J connectivity index is 1.85. The van der Waals surface area contributed by atoms with E-state index in [1.807, 2.05) is 30.5 Å². The summed E-state index contributed by atoms with van der Waals surface area (Å²) in [6.45, 7) is 2.09. The Labute approximate surface area is 133 Å². The van der Waals surface area contributed by atoms with Crippen LogP contribution in [-0.2, 0) is 0 Å². The van der Waals surface area contributed by atoms with Crippen LogP contribution in [0.1, 0.15) is 18.5 Å². The van der Waals surface area contributed by atoms with Gasteiger partial charge in [-0.05, 0) is 52.7 Å². The van der Waals surface area contributed by atoms with Crippen LogP contribution in [0.4, 0.5) is 5.95 Å². The molecule has 0 aliphatic rings. The van der Waals surface area contributed by atoms with E-state index in [1.165, 1.54) is 5.56 Å². The van der Waals surface area contributed by atoms with Crippen molar-refractivity contribution >= 4 is 43.5 Å². The third-order valence-corrected chi connectivity index (χ3v) is 4.18. The molecule has 3 aromatic rings. The minimum absolute atomic E-state index is 0.138. The highest BCUT2D eigenvalue weighted by Gasteiger charge is 2.10. The van der Waals surface area contributed by atoms with E-state index < -0.39 is 0 Å². The summed E-state index contributed by atoms with van der Waals surface area (Å²) in [5.41, 5.74) is 1.99. The summed E-state index contributed by atoms with van der Waals surface area (Å²) < 4.78 is 3.75. The van der Waals surface area contributed by atoms with Crippen molar-refractivity contribution in [3.05, 3.63) is 57.1 Å². The lowest BCUT2D eigenvalue weighted by molar-refractivity contribution is 0.852. The third-order valence-electron chi connectivity index (χ3n) is 3.03. The standard InChI is InChI=1S/C14H12Br2N4/c1-9(10-4-6-11(15)7-5-10)17-14-18-13-12(16)3-2-8-20(13)19-14/h2-9H,1H3,(H,17,19). The third kappa shape index (κ3) is 2.71. The maximum absolute atomic E-state index is 4.48. The number of hydrogen-bond donors (Lipinski definition) is 1. The summed E-state index contributed by atoms with van der Waals surface area (Å²) in [6.07, 6.45) is 1.88. The molecule has 4 nitrogen and oxygen atoms in total. The van der Waals surface area contributed by atoms with E-state index in [0.717, 1.165) is 14.6 Å². The van der Waals surface area contributed by atoms with E-state index in [0.29, 0.717) is 5.95 Å². The van der Waals surface area contributed by atoms with E-state index in [9.17, 15) is 0 Å². The lowest BCUT2D eigenvalue weighted by Crippen LogP contribution is -2.07. The molecule has 0 spiro atoms. The molecule has 0 saturated heterocycles. The second-order valence-electron chi connectivity index (χ2n) is 4.48. The largest absolute Gasteiger partial charge is 0.346 e. The Morgan fingerprint density at radius 3 is 2.60 bits per heavy atom. The smallest absolute Gasteiger partial charge is 0.243 e. The Bertz CT molecular complexity index is 737. The fourth-order valence-corrected chi connectivity index (χ4v) is 2.65. The van der Waals surface area contributed by atoms with Gasteiger partial charge in [-0.3, -0.25) is 0 Å². The van der Waals surface area contributed by atoms with Gasteiger partial charge in [-0.15, -0.1) is 5.10 Å². The SMILES string of the molecule is CC(Nc1nc2c(Br)cccn2n1)c1ccc(Br)cc1. The average Bonchev–Trinajstić information content (AvgIpc) is 2.83. The molecule has 1 aromatic carbocycles. The zero-order chi connectivity index (χ0) is 14.1. The maximum atomic E-state index is 4.48. The molecule has 1 atom stereocenters. The molecule has 0 radical (unpaired) electrons. The predicted molar refractivity (Wildman–Crippen MR) is 86.9 cm³/mol. The monoisotopic (exact) mass is 394 g/mol. The molecule has 0 aliphatic carbocycles. The molecule has 1 unspecified atom stereocenters. The van der Waals surface area contributed by atoms with Crippen molar-refractivity contribution in [1.29, 1.82) is 0 Å². The molecule has 3 rings (SSSR count). The van der Waals surface area contributed by atoms with Crippen LogP contribution in [-0.4, -0.2) is 14.6 Å². The van der Waals surface area contributed by atoms with Gasteiger partial charge < -0.3 is 5.32 Å². The highest BCUT2D eigenvalue weighted by molar-refractivity contribution is 9.10. The fraction of sp³-hybridized carbons (Fsp3) is 0.143. The number of rotatable bonds is 3. The number of benzene rings is 1. The fourth-order valence-electron chi connectivity index (χ4n) is 1.96. The summed E-state index contributed by atoms with van der Waals surface area (Å²) in [4.78, 5) is 4.48. The van der Waals surface area contributed by atoms with Crippen molar-refractivity contribution in [3.8, 4) is 0 Å². The molecule has 102 valence electrons. The number of pyridine rings is 1. The molecule has 0 aliphatic heterocycles. The highest BCUT2D eigenvalue weighted by atomic mass is 79.9. The van der Waals surface area contributed by atoms with E-state index in [2.05, 4.69) is 66.3 Å². The normalized spacial score (nSPS) is 12.6. The molecule has 0 amide bonds. The van der Waals surface area contributed by atoms with Crippen LogP contribution in [0, 0.1) is 0 Å². The van der Waals surface area contributed by atoms with Crippen LogP contribution in [0.2, 0.25) is 0 Å². The number of aromatic nitrogens is 3. The van der Waals surface area contributed by atoms with Gasteiger partial charge in [0.15, 0.2) is 5.65 Å². The van der Waals surface area contributed by atoms with Crippen molar-refractivity contribution in [2.75, 3.05) is 5.32 Å². The van der Waals surface area contributed by atoms with Gasteiger partial charge in [0.05, 0.1) is 10.5 Å². The van der Waals surface area contributed by atoms with E-state index in [-0.39, 0.29) is 6.04 Å². The Kier molecular flexibility index (Phi) is 3.76. The zero-order valence-corrected chi connectivity index (χ0v) is 13.9. The topological polar surface area (TPSA) is 42.2 Å². The minimum atomic E-state index is 0.138. The molecule has 0 fully saturated rings. The van der Waals surface area contributed by atoms with Gasteiger partial charge in [-0.2, -0.15) is 4.98 Å². The van der Waals surface area contributed by atoms with Crippen LogP contribution in [0.15, 0.2) is 51.5 Å². The quantitative estimate of drug-likeness (QED) is 0.713. The summed E-state index contributed by atoms with van der Waals surface area (Å²) in [6, 6.07) is 12.2. The molecule has 2 aromatic heterocycles. The number of nitrogens with zero attached hydrogens (tertiary/aromatic N) is 3. The molecular weight excluding hydrogens is 384 g/mol. The van der Waals surface area contributed by atoms with Crippen LogP contribution in [0.25, 0.3) is 5.65 Å². The first-order chi connectivity index (χ1) is 9.63. The predicted octanol–water partition coefficient (Wildman–Crippen LogP) is 4.43. The molecule has 0 bridgehead atoms. The molecular formula is C14H12Br2N4. The minimum Gasteiger partial charge on any atom is -0.346 e. The van der Waals surface area contributed by atoms with Crippen LogP contribution in [0.3, 0.4) is 0 Å². The first kappa shape index (κ1) is 13.6. The number of fused-ring (bicyclic) bond motifs is 1. The van der Waals surface area contributed by atoms with Gasteiger partial charge in [0.2, 0.25) is 5.95 Å². The first-order valence-electron chi connectivity index (χ1n) is 6.16. The Morgan fingerprint density at radius 1 is 1.15 bits per heavy atom. The molecule has 0 saturated carbocycles. The summed E-state index contributed by atoms with van der Waals surface area (Å²) >= 11 is 6.91. The number of halogens is 2. The van der Waals surface area contributed by atoms with Gasteiger partial charge in [-0.25, -0.2) is 4.52 Å². The number of hydrogen-bond acceptors (Lipinski definition) is 3. The van der Waals surface area contributed by atoms with Gasteiger partial charge in [0, 0.05) is 10.7 Å². The van der Waals surface area contributed by atoms with Crippen LogP contribution < -0.4 is 5.32 Å². The van der Waals surface area contributed by atoms with E-state index in [4.69, 9.17) is 0 Å². The van der Waals surface area contributed by atoms with E-state index in [1.54, 1.807) is 4.52 Å². The number of anilines is 1. The zero-order valence-electron chi connectivity index (χ0n) is 10.7. The van der Waals surface area contributed by atoms with E-state index >= 15 is 0 Å². The van der Waals surface area contributed by atoms with Crippen molar-refractivity contribution in [3.63, 3.8) is 0 Å². The number of nitrogens with one attached hydrogen (secondary N) is 1. The summed E-state index contributed by atoms with van der Waals surface area (Å²) in [5.74, 6) is 0.618. The second kappa shape index (κ2) is 5.54. The summed E-state index contributed by atoms with van der Waals surface area (Å²) in [5, 5.41) is 7.73. The van der Waals surface area contributed by atoms with Gasteiger partial charge >= 0.3 is 0 Å². The molecule has 2 heterocycles.